The molecular formula is C16H19F3N2O3. The first kappa shape index (κ1) is 18.3. The van der Waals surface area contributed by atoms with Gasteiger partial charge < -0.3 is 15.0 Å². The van der Waals surface area contributed by atoms with Gasteiger partial charge in [0.25, 0.3) is 11.8 Å². The van der Waals surface area contributed by atoms with E-state index in [0.29, 0.717) is 19.6 Å². The third-order valence-electron chi connectivity index (χ3n) is 3.67. The molecule has 1 fully saturated rings. The van der Waals surface area contributed by atoms with Gasteiger partial charge in [0.15, 0.2) is 0 Å². The summed E-state index contributed by atoms with van der Waals surface area (Å²) in [6.45, 7) is -0.443. The minimum Gasteiger partial charge on any atom is -0.368 e. The molecule has 1 atom stereocenters. The van der Waals surface area contributed by atoms with E-state index in [4.69, 9.17) is 4.74 Å². The zero-order valence-electron chi connectivity index (χ0n) is 13.2. The number of likely N-dealkylation sites (N-methyl/N-ethyl adjacent to an activating group) is 1. The quantitative estimate of drug-likeness (QED) is 0.890. The van der Waals surface area contributed by atoms with Gasteiger partial charge in [-0.3, -0.25) is 9.59 Å². The first-order valence-corrected chi connectivity index (χ1v) is 7.57. The lowest BCUT2D eigenvalue weighted by Gasteiger charge is -2.20. The summed E-state index contributed by atoms with van der Waals surface area (Å²) in [5.41, 5.74) is 0.910. The van der Waals surface area contributed by atoms with E-state index < -0.39 is 24.7 Å². The van der Waals surface area contributed by atoms with Crippen molar-refractivity contribution >= 4 is 11.8 Å². The molecule has 5 nitrogen and oxygen atoms in total. The van der Waals surface area contributed by atoms with Crippen LogP contribution in [0, 0.1) is 0 Å². The number of amides is 2. The third kappa shape index (κ3) is 5.23. The second-order valence-corrected chi connectivity index (χ2v) is 5.69. The molecule has 1 aliphatic rings. The molecular weight excluding hydrogens is 325 g/mol. The molecule has 0 aromatic heterocycles. The number of rotatable bonds is 5. The second kappa shape index (κ2) is 7.65. The van der Waals surface area contributed by atoms with Gasteiger partial charge in [0.1, 0.15) is 12.6 Å². The Balaban J connectivity index is 1.89. The van der Waals surface area contributed by atoms with Crippen molar-refractivity contribution in [1.82, 2.24) is 10.2 Å². The van der Waals surface area contributed by atoms with Crippen LogP contribution in [0.15, 0.2) is 24.3 Å². The first-order valence-electron chi connectivity index (χ1n) is 7.57. The molecule has 0 aliphatic carbocycles. The van der Waals surface area contributed by atoms with Gasteiger partial charge in [-0.25, -0.2) is 0 Å². The molecule has 2 rings (SSSR count). The van der Waals surface area contributed by atoms with Crippen LogP contribution in [-0.2, 0) is 16.1 Å². The van der Waals surface area contributed by atoms with Crippen LogP contribution >= 0.6 is 0 Å². The normalized spacial score (nSPS) is 17.6. The van der Waals surface area contributed by atoms with E-state index in [1.54, 1.807) is 19.2 Å². The fourth-order valence-corrected chi connectivity index (χ4v) is 2.41. The molecule has 0 saturated carbocycles. The summed E-state index contributed by atoms with van der Waals surface area (Å²) in [5.74, 6) is -0.887. The topological polar surface area (TPSA) is 58.6 Å². The van der Waals surface area contributed by atoms with E-state index in [0.717, 1.165) is 12.0 Å². The summed E-state index contributed by atoms with van der Waals surface area (Å²) >= 11 is 0. The lowest BCUT2D eigenvalue weighted by atomic mass is 10.1. The molecule has 1 saturated heterocycles. The smallest absolute Gasteiger partial charge is 0.368 e. The monoisotopic (exact) mass is 344 g/mol. The molecule has 1 heterocycles. The number of hydrogen-bond acceptors (Lipinski definition) is 3. The summed E-state index contributed by atoms with van der Waals surface area (Å²) < 4.78 is 41.6. The number of alkyl halides is 3. The number of nitrogens with one attached hydrogen (secondary N) is 1. The maximum Gasteiger partial charge on any atom is 0.405 e. The Morgan fingerprint density at radius 3 is 2.50 bits per heavy atom. The largest absolute Gasteiger partial charge is 0.405 e. The van der Waals surface area contributed by atoms with Crippen molar-refractivity contribution in [2.75, 3.05) is 20.2 Å². The number of nitrogens with zero attached hydrogens (tertiary/aromatic N) is 1. The minimum atomic E-state index is -4.44. The van der Waals surface area contributed by atoms with E-state index in [-0.39, 0.29) is 11.5 Å². The lowest BCUT2D eigenvalue weighted by molar-refractivity contribution is -0.140. The molecule has 0 unspecified atom stereocenters. The number of benzene rings is 1. The Kier molecular flexibility index (Phi) is 5.82. The van der Waals surface area contributed by atoms with E-state index in [9.17, 15) is 22.8 Å². The highest BCUT2D eigenvalue weighted by molar-refractivity contribution is 5.94. The predicted octanol–water partition coefficient (Wildman–Crippen LogP) is 2.12. The maximum absolute atomic E-state index is 12.1. The van der Waals surface area contributed by atoms with E-state index >= 15 is 0 Å². The van der Waals surface area contributed by atoms with Crippen LogP contribution in [0.25, 0.3) is 0 Å². The fourth-order valence-electron chi connectivity index (χ4n) is 2.41. The Bertz CT molecular complexity index is 581. The van der Waals surface area contributed by atoms with E-state index in [1.165, 1.54) is 17.0 Å². The number of hydrogen-bond donors (Lipinski definition) is 1. The van der Waals surface area contributed by atoms with Crippen LogP contribution in [0.5, 0.6) is 0 Å². The van der Waals surface area contributed by atoms with Crippen molar-refractivity contribution in [1.29, 1.82) is 0 Å². The van der Waals surface area contributed by atoms with Gasteiger partial charge >= 0.3 is 6.18 Å². The standard InChI is InChI=1S/C16H19F3N2O3/c1-21(15(23)13-3-2-8-24-13)9-11-4-6-12(7-5-11)14(22)20-10-16(17,18)19/h4-7,13H,2-3,8-10H2,1H3,(H,20,22)/t13-/m0/s1. The van der Waals surface area contributed by atoms with E-state index in [2.05, 4.69) is 0 Å². The van der Waals surface area contributed by atoms with Crippen molar-refractivity contribution in [3.05, 3.63) is 35.4 Å². The highest BCUT2D eigenvalue weighted by Gasteiger charge is 2.28. The summed E-state index contributed by atoms with van der Waals surface area (Å²) in [4.78, 5) is 25.3. The average Bonchev–Trinajstić information content (AvgIpc) is 3.06. The molecule has 0 radical (unpaired) electrons. The average molecular weight is 344 g/mol. The molecule has 1 aliphatic heterocycles. The van der Waals surface area contributed by atoms with Crippen molar-refractivity contribution in [3.8, 4) is 0 Å². The zero-order valence-corrected chi connectivity index (χ0v) is 13.2. The summed E-state index contributed by atoms with van der Waals surface area (Å²) in [7, 11) is 1.66. The van der Waals surface area contributed by atoms with Crippen LogP contribution in [0.1, 0.15) is 28.8 Å². The predicted molar refractivity (Wildman–Crippen MR) is 80.3 cm³/mol. The lowest BCUT2D eigenvalue weighted by Crippen LogP contribution is -2.35. The van der Waals surface area contributed by atoms with Gasteiger partial charge in [0.2, 0.25) is 0 Å². The van der Waals surface area contributed by atoms with Gasteiger partial charge in [-0.15, -0.1) is 0 Å². The molecule has 2 amide bonds. The van der Waals surface area contributed by atoms with Gasteiger partial charge in [0.05, 0.1) is 0 Å². The molecule has 0 spiro atoms. The van der Waals surface area contributed by atoms with Crippen LogP contribution < -0.4 is 5.32 Å². The molecule has 1 aromatic carbocycles. The molecule has 1 aromatic rings. The van der Waals surface area contributed by atoms with E-state index in [1.807, 2.05) is 5.32 Å². The van der Waals surface area contributed by atoms with Crippen molar-refractivity contribution in [2.24, 2.45) is 0 Å². The highest BCUT2D eigenvalue weighted by atomic mass is 19.4. The zero-order chi connectivity index (χ0) is 17.7. The molecule has 0 bridgehead atoms. The number of carbonyl (C=O) groups is 2. The second-order valence-electron chi connectivity index (χ2n) is 5.69. The Hall–Kier alpha value is -2.09. The maximum atomic E-state index is 12.1. The Morgan fingerprint density at radius 1 is 1.29 bits per heavy atom. The van der Waals surface area contributed by atoms with Crippen LogP contribution in [0.2, 0.25) is 0 Å². The van der Waals surface area contributed by atoms with Crippen LogP contribution in [0.3, 0.4) is 0 Å². The molecule has 1 N–H and O–H groups in total. The number of halogens is 3. The van der Waals surface area contributed by atoms with Crippen molar-refractivity contribution in [3.63, 3.8) is 0 Å². The fraction of sp³-hybridized carbons (Fsp3) is 0.500. The third-order valence-corrected chi connectivity index (χ3v) is 3.67. The van der Waals surface area contributed by atoms with Crippen molar-refractivity contribution in [2.45, 2.75) is 31.7 Å². The Morgan fingerprint density at radius 2 is 1.96 bits per heavy atom. The summed E-state index contributed by atoms with van der Waals surface area (Å²) in [5, 5.41) is 1.81. The van der Waals surface area contributed by atoms with Gasteiger partial charge in [-0.05, 0) is 30.5 Å². The van der Waals surface area contributed by atoms with Gasteiger partial charge in [-0.2, -0.15) is 13.2 Å². The number of carbonyl (C=O) groups excluding carboxylic acids is 2. The number of ether oxygens (including phenoxy) is 1. The summed E-state index contributed by atoms with van der Waals surface area (Å²) in [6, 6.07) is 6.10. The first-order chi connectivity index (χ1) is 11.3. The van der Waals surface area contributed by atoms with Crippen molar-refractivity contribution < 1.29 is 27.5 Å². The van der Waals surface area contributed by atoms with Crippen LogP contribution in [-0.4, -0.2) is 49.2 Å². The highest BCUT2D eigenvalue weighted by Crippen LogP contribution is 2.16. The summed E-state index contributed by atoms with van der Waals surface area (Å²) in [6.07, 6.45) is -3.27. The van der Waals surface area contributed by atoms with Gasteiger partial charge in [0, 0.05) is 25.8 Å². The molecule has 132 valence electrons. The minimum absolute atomic E-state index is 0.0977. The van der Waals surface area contributed by atoms with Crippen LogP contribution in [0.4, 0.5) is 13.2 Å². The molecule has 8 heteroatoms. The molecule has 24 heavy (non-hydrogen) atoms. The van der Waals surface area contributed by atoms with Gasteiger partial charge in [-0.1, -0.05) is 12.1 Å². The Labute approximate surface area is 137 Å². The SMILES string of the molecule is CN(Cc1ccc(C(=O)NCC(F)(F)F)cc1)C(=O)[C@@H]1CCCO1.